The van der Waals surface area contributed by atoms with E-state index in [9.17, 15) is 4.79 Å². The Morgan fingerprint density at radius 1 is 1.52 bits per heavy atom. The lowest BCUT2D eigenvalue weighted by Gasteiger charge is -2.04. The van der Waals surface area contributed by atoms with Gasteiger partial charge >= 0.3 is 5.69 Å². The molecule has 0 unspecified atom stereocenters. The highest BCUT2D eigenvalue weighted by Crippen LogP contribution is 2.22. The van der Waals surface area contributed by atoms with E-state index in [4.69, 9.17) is 9.15 Å². The third-order valence-corrected chi connectivity index (χ3v) is 2.88. The molecule has 0 aliphatic rings. The van der Waals surface area contributed by atoms with Gasteiger partial charge in [0.2, 0.25) is 5.88 Å². The van der Waals surface area contributed by atoms with E-state index in [2.05, 4.69) is 27.2 Å². The maximum atomic E-state index is 11.9. The number of nitrogens with zero attached hydrogens (tertiary/aromatic N) is 5. The highest BCUT2D eigenvalue weighted by atomic mass is 16.5. The molecule has 0 fully saturated rings. The van der Waals surface area contributed by atoms with Crippen molar-refractivity contribution < 1.29 is 9.15 Å². The largest absolute Gasteiger partial charge is 0.472 e. The van der Waals surface area contributed by atoms with E-state index in [0.717, 1.165) is 9.36 Å². The second kappa shape index (κ2) is 5.12. The molecule has 0 aliphatic carbocycles. The molecule has 9 nitrogen and oxygen atoms in total. The normalized spacial score (nSPS) is 10.7. The van der Waals surface area contributed by atoms with Crippen molar-refractivity contribution in [3.8, 4) is 11.6 Å². The Labute approximate surface area is 118 Å². The summed E-state index contributed by atoms with van der Waals surface area (Å²) in [5.41, 5.74) is 0.710. The van der Waals surface area contributed by atoms with Gasteiger partial charge in [0.05, 0.1) is 5.56 Å². The maximum absolute atomic E-state index is 11.9. The lowest BCUT2D eigenvalue weighted by atomic mass is 10.2. The van der Waals surface area contributed by atoms with Crippen molar-refractivity contribution in [2.24, 2.45) is 7.05 Å². The van der Waals surface area contributed by atoms with Gasteiger partial charge in [-0.1, -0.05) is 6.58 Å². The van der Waals surface area contributed by atoms with Crippen LogP contribution >= 0.6 is 0 Å². The number of aromatic nitrogens is 6. The number of aryl methyl sites for hydroxylation is 1. The van der Waals surface area contributed by atoms with E-state index in [0.29, 0.717) is 22.9 Å². The summed E-state index contributed by atoms with van der Waals surface area (Å²) in [5, 5.41) is 14.0. The first-order valence-corrected chi connectivity index (χ1v) is 6.05. The molecule has 0 saturated heterocycles. The van der Waals surface area contributed by atoms with E-state index in [1.54, 1.807) is 12.3 Å². The van der Waals surface area contributed by atoms with Crippen LogP contribution in [0.25, 0.3) is 11.8 Å². The van der Waals surface area contributed by atoms with Gasteiger partial charge in [0.15, 0.2) is 0 Å². The first-order chi connectivity index (χ1) is 10.2. The molecule has 0 amide bonds. The Hall–Kier alpha value is -3.10. The summed E-state index contributed by atoms with van der Waals surface area (Å²) >= 11 is 0. The molecule has 108 valence electrons. The summed E-state index contributed by atoms with van der Waals surface area (Å²) < 4.78 is 13.2. The quantitative estimate of drug-likeness (QED) is 0.733. The summed E-state index contributed by atoms with van der Waals surface area (Å²) in [7, 11) is 1.51. The average Bonchev–Trinajstić information content (AvgIpc) is 3.19. The van der Waals surface area contributed by atoms with Crippen LogP contribution in [0.5, 0.6) is 5.88 Å². The number of H-pyrrole nitrogens is 1. The van der Waals surface area contributed by atoms with Gasteiger partial charge in [0, 0.05) is 19.3 Å². The van der Waals surface area contributed by atoms with Crippen molar-refractivity contribution >= 4 is 6.08 Å². The molecule has 0 bridgehead atoms. The summed E-state index contributed by atoms with van der Waals surface area (Å²) in [6.45, 7) is 3.83. The molecule has 3 aromatic heterocycles. The van der Waals surface area contributed by atoms with Crippen LogP contribution in [-0.4, -0.2) is 30.0 Å². The topological polar surface area (TPSA) is 104 Å². The van der Waals surface area contributed by atoms with Gasteiger partial charge in [0.1, 0.15) is 24.3 Å². The van der Waals surface area contributed by atoms with E-state index in [1.807, 2.05) is 0 Å². The first kappa shape index (κ1) is 12.9. The molecule has 21 heavy (non-hydrogen) atoms. The fourth-order valence-corrected chi connectivity index (χ4v) is 1.82. The van der Waals surface area contributed by atoms with Crippen LogP contribution in [0.4, 0.5) is 0 Å². The fraction of sp³-hybridized carbons (Fsp3) is 0.167. The lowest BCUT2D eigenvalue weighted by Crippen LogP contribution is -2.22. The minimum atomic E-state index is -0.382. The Morgan fingerprint density at radius 2 is 2.38 bits per heavy atom. The maximum Gasteiger partial charge on any atom is 0.368 e. The third kappa shape index (κ3) is 2.24. The molecular weight excluding hydrogens is 276 g/mol. The van der Waals surface area contributed by atoms with Crippen LogP contribution in [-0.2, 0) is 13.7 Å². The van der Waals surface area contributed by atoms with Crippen molar-refractivity contribution in [3.63, 3.8) is 0 Å². The molecule has 3 rings (SSSR count). The number of tetrazole rings is 1. The molecule has 3 heterocycles. The van der Waals surface area contributed by atoms with Crippen LogP contribution in [0, 0.1) is 0 Å². The number of hydrogen-bond donors (Lipinski definition) is 1. The fourth-order valence-electron chi connectivity index (χ4n) is 1.82. The van der Waals surface area contributed by atoms with Gasteiger partial charge < -0.3 is 9.15 Å². The zero-order chi connectivity index (χ0) is 14.8. The van der Waals surface area contributed by atoms with Crippen molar-refractivity contribution in [1.29, 1.82) is 0 Å². The van der Waals surface area contributed by atoms with Crippen molar-refractivity contribution in [1.82, 2.24) is 30.0 Å². The van der Waals surface area contributed by atoms with Gasteiger partial charge in [-0.2, -0.15) is 9.36 Å². The SMILES string of the molecule is C=Cc1occ(-n2nnn(C)c2=O)c1COc1cc[nH]n1. The molecule has 0 spiro atoms. The molecule has 9 heteroatoms. The van der Waals surface area contributed by atoms with E-state index in [-0.39, 0.29) is 12.3 Å². The smallest absolute Gasteiger partial charge is 0.368 e. The second-order valence-corrected chi connectivity index (χ2v) is 4.17. The Kier molecular flexibility index (Phi) is 3.14. The highest BCUT2D eigenvalue weighted by molar-refractivity contribution is 5.53. The zero-order valence-electron chi connectivity index (χ0n) is 11.2. The van der Waals surface area contributed by atoms with Crippen LogP contribution in [0.15, 0.2) is 34.3 Å². The predicted octanol–water partition coefficient (Wildman–Crippen LogP) is 0.504. The number of ether oxygens (including phenoxy) is 1. The standard InChI is InChI=1S/C12H12N6O3/c1-3-10-8(6-21-11-4-5-13-14-11)9(7-20-10)18-12(19)17(2)15-16-18/h3-5,7H,1,6H2,2H3,(H,13,14). The number of nitrogens with one attached hydrogen (secondary N) is 1. The first-order valence-electron chi connectivity index (χ1n) is 6.05. The molecular formula is C12H12N6O3. The summed E-state index contributed by atoms with van der Waals surface area (Å²) in [6.07, 6.45) is 4.59. The monoisotopic (exact) mass is 288 g/mol. The molecule has 0 radical (unpaired) electrons. The lowest BCUT2D eigenvalue weighted by molar-refractivity contribution is 0.291. The van der Waals surface area contributed by atoms with Gasteiger partial charge in [-0.05, 0) is 16.5 Å². The molecule has 0 aliphatic heterocycles. The van der Waals surface area contributed by atoms with E-state index < -0.39 is 0 Å². The minimum Gasteiger partial charge on any atom is -0.472 e. The summed E-state index contributed by atoms with van der Waals surface area (Å²) in [6, 6.07) is 1.68. The average molecular weight is 288 g/mol. The summed E-state index contributed by atoms with van der Waals surface area (Å²) in [5.74, 6) is 0.932. The summed E-state index contributed by atoms with van der Waals surface area (Å²) in [4.78, 5) is 11.9. The predicted molar refractivity (Wildman–Crippen MR) is 71.9 cm³/mol. The number of furan rings is 1. The molecule has 0 atom stereocenters. The number of rotatable bonds is 5. The second-order valence-electron chi connectivity index (χ2n) is 4.17. The highest BCUT2D eigenvalue weighted by Gasteiger charge is 2.18. The van der Waals surface area contributed by atoms with Crippen molar-refractivity contribution in [2.75, 3.05) is 0 Å². The van der Waals surface area contributed by atoms with Gasteiger partial charge in [-0.3, -0.25) is 5.10 Å². The van der Waals surface area contributed by atoms with Crippen LogP contribution < -0.4 is 10.4 Å². The Bertz CT molecular complexity index is 811. The van der Waals surface area contributed by atoms with E-state index >= 15 is 0 Å². The molecule has 0 saturated carbocycles. The molecule has 3 aromatic rings. The minimum absolute atomic E-state index is 0.154. The van der Waals surface area contributed by atoms with Crippen LogP contribution in [0.3, 0.4) is 0 Å². The van der Waals surface area contributed by atoms with Gasteiger partial charge in [-0.25, -0.2) is 4.79 Å². The van der Waals surface area contributed by atoms with Crippen molar-refractivity contribution in [2.45, 2.75) is 6.61 Å². The van der Waals surface area contributed by atoms with Crippen molar-refractivity contribution in [3.05, 3.63) is 46.9 Å². The number of hydrogen-bond acceptors (Lipinski definition) is 6. The molecule has 1 N–H and O–H groups in total. The Balaban J connectivity index is 1.98. The zero-order valence-corrected chi connectivity index (χ0v) is 11.2. The van der Waals surface area contributed by atoms with Crippen LogP contribution in [0.1, 0.15) is 11.3 Å². The third-order valence-electron chi connectivity index (χ3n) is 2.88. The van der Waals surface area contributed by atoms with Crippen LogP contribution in [0.2, 0.25) is 0 Å². The van der Waals surface area contributed by atoms with Gasteiger partial charge in [0.25, 0.3) is 0 Å². The Morgan fingerprint density at radius 3 is 3.00 bits per heavy atom. The van der Waals surface area contributed by atoms with Gasteiger partial charge in [-0.15, -0.1) is 5.10 Å². The van der Waals surface area contributed by atoms with E-state index in [1.165, 1.54) is 19.4 Å². The number of aromatic amines is 1. The molecule has 0 aromatic carbocycles.